The lowest BCUT2D eigenvalue weighted by Crippen LogP contribution is -2.56. The number of hydrogen-bond acceptors (Lipinski definition) is 2. The fourth-order valence-electron chi connectivity index (χ4n) is 2.27. The molecule has 0 aliphatic carbocycles. The predicted molar refractivity (Wildman–Crippen MR) is 65.7 cm³/mol. The zero-order valence-corrected chi connectivity index (χ0v) is 10.9. The van der Waals surface area contributed by atoms with Crippen molar-refractivity contribution < 1.29 is 18.4 Å². The van der Waals surface area contributed by atoms with Crippen LogP contribution in [0.2, 0.25) is 0 Å². The predicted octanol–water partition coefficient (Wildman–Crippen LogP) is 2.55. The molecule has 0 N–H and O–H groups in total. The van der Waals surface area contributed by atoms with Gasteiger partial charge in [0.2, 0.25) is 0 Å². The molecular formula is C14H15F2NO2. The second-order valence-electron chi connectivity index (χ2n) is 5.17. The Kier molecular flexibility index (Phi) is 3.39. The molecule has 5 heteroatoms. The number of benzene rings is 1. The summed E-state index contributed by atoms with van der Waals surface area (Å²) in [6.45, 7) is 3.79. The van der Waals surface area contributed by atoms with Crippen molar-refractivity contribution in [1.82, 2.24) is 4.90 Å². The van der Waals surface area contributed by atoms with E-state index in [1.165, 1.54) is 11.0 Å². The van der Waals surface area contributed by atoms with Crippen LogP contribution in [0.1, 0.15) is 37.0 Å². The van der Waals surface area contributed by atoms with Gasteiger partial charge in [0.05, 0.1) is 5.54 Å². The van der Waals surface area contributed by atoms with Gasteiger partial charge in [-0.2, -0.15) is 0 Å². The van der Waals surface area contributed by atoms with Gasteiger partial charge in [-0.3, -0.25) is 9.59 Å². The largest absolute Gasteiger partial charge is 0.326 e. The molecule has 1 amide bonds. The quantitative estimate of drug-likeness (QED) is 0.784. The second-order valence-corrected chi connectivity index (χ2v) is 5.17. The number of rotatable bonds is 1. The molecule has 3 nitrogen and oxygen atoms in total. The van der Waals surface area contributed by atoms with Crippen LogP contribution in [0.5, 0.6) is 0 Å². The van der Waals surface area contributed by atoms with Crippen molar-refractivity contribution in [3.8, 4) is 0 Å². The Labute approximate surface area is 110 Å². The highest BCUT2D eigenvalue weighted by Gasteiger charge is 2.40. The van der Waals surface area contributed by atoms with Crippen LogP contribution in [0.15, 0.2) is 18.2 Å². The molecule has 0 aromatic heterocycles. The number of nitrogens with zero attached hydrogens (tertiary/aromatic N) is 1. The van der Waals surface area contributed by atoms with E-state index in [2.05, 4.69) is 0 Å². The summed E-state index contributed by atoms with van der Waals surface area (Å²) in [6.07, 6.45) is 1.03. The van der Waals surface area contributed by atoms with Gasteiger partial charge in [-0.25, -0.2) is 8.78 Å². The van der Waals surface area contributed by atoms with E-state index in [0.717, 1.165) is 12.1 Å². The minimum atomic E-state index is -1.06. The highest BCUT2D eigenvalue weighted by Crippen LogP contribution is 2.26. The first-order valence-electron chi connectivity index (χ1n) is 6.14. The topological polar surface area (TPSA) is 37.4 Å². The third-order valence-electron chi connectivity index (χ3n) is 3.55. The lowest BCUT2D eigenvalue weighted by Gasteiger charge is -2.41. The van der Waals surface area contributed by atoms with Crippen molar-refractivity contribution in [2.45, 2.75) is 32.2 Å². The normalized spacial score (nSPS) is 18.5. The first-order valence-corrected chi connectivity index (χ1v) is 6.14. The number of carbonyl (C=O) groups excluding carboxylic acids is 2. The van der Waals surface area contributed by atoms with E-state index in [9.17, 15) is 18.4 Å². The average Bonchev–Trinajstić information content (AvgIpc) is 2.35. The first kappa shape index (κ1) is 13.6. The van der Waals surface area contributed by atoms with Crippen LogP contribution < -0.4 is 0 Å². The van der Waals surface area contributed by atoms with Crippen LogP contribution in [0.4, 0.5) is 8.78 Å². The molecule has 1 saturated heterocycles. The number of hydrogen-bond donors (Lipinski definition) is 0. The maximum absolute atomic E-state index is 13.2. The van der Waals surface area contributed by atoms with Crippen molar-refractivity contribution >= 4 is 11.7 Å². The van der Waals surface area contributed by atoms with Crippen molar-refractivity contribution in [1.29, 1.82) is 0 Å². The van der Waals surface area contributed by atoms with Crippen molar-refractivity contribution in [2.24, 2.45) is 0 Å². The van der Waals surface area contributed by atoms with E-state index in [-0.39, 0.29) is 11.3 Å². The number of halogens is 2. The second kappa shape index (κ2) is 4.72. The molecule has 102 valence electrons. The first-order chi connectivity index (χ1) is 8.84. The SMILES string of the molecule is CC1(C)C(=O)CCCN1C(=O)c1ccc(F)c(F)c1. The van der Waals surface area contributed by atoms with Crippen molar-refractivity contribution in [3.05, 3.63) is 35.4 Å². The number of piperidine rings is 1. The van der Waals surface area contributed by atoms with Crippen molar-refractivity contribution in [3.63, 3.8) is 0 Å². The minimum Gasteiger partial charge on any atom is -0.326 e. The molecule has 1 aliphatic rings. The smallest absolute Gasteiger partial charge is 0.254 e. The molecule has 1 aliphatic heterocycles. The van der Waals surface area contributed by atoms with E-state index in [4.69, 9.17) is 0 Å². The van der Waals surface area contributed by atoms with Crippen LogP contribution in [-0.2, 0) is 4.79 Å². The van der Waals surface area contributed by atoms with E-state index >= 15 is 0 Å². The zero-order chi connectivity index (χ0) is 14.2. The van der Waals surface area contributed by atoms with E-state index in [1.54, 1.807) is 13.8 Å². The molecule has 1 aromatic carbocycles. The fourth-order valence-corrected chi connectivity index (χ4v) is 2.27. The number of Topliss-reactive ketones (excluding diaryl/α,β-unsaturated/α-hetero) is 1. The average molecular weight is 267 g/mol. The summed E-state index contributed by atoms with van der Waals surface area (Å²) in [6, 6.07) is 3.02. The monoisotopic (exact) mass is 267 g/mol. The summed E-state index contributed by atoms with van der Waals surface area (Å²) in [5, 5.41) is 0. The third kappa shape index (κ3) is 2.37. The van der Waals surface area contributed by atoms with Crippen LogP contribution in [0.3, 0.4) is 0 Å². The Hall–Kier alpha value is -1.78. The molecule has 0 saturated carbocycles. The summed E-state index contributed by atoms with van der Waals surface area (Å²) < 4.78 is 26.0. The molecular weight excluding hydrogens is 252 g/mol. The van der Waals surface area contributed by atoms with Gasteiger partial charge in [0.1, 0.15) is 0 Å². The minimum absolute atomic E-state index is 0.0188. The number of amides is 1. The number of ketones is 1. The lowest BCUT2D eigenvalue weighted by atomic mass is 9.88. The molecule has 1 aromatic rings. The van der Waals surface area contributed by atoms with E-state index < -0.39 is 23.1 Å². The summed E-state index contributed by atoms with van der Waals surface area (Å²) in [5.41, 5.74) is -0.845. The Morgan fingerprint density at radius 3 is 2.58 bits per heavy atom. The van der Waals surface area contributed by atoms with Gasteiger partial charge in [-0.15, -0.1) is 0 Å². The Morgan fingerprint density at radius 1 is 1.26 bits per heavy atom. The highest BCUT2D eigenvalue weighted by molar-refractivity contribution is 6.00. The van der Waals surface area contributed by atoms with Crippen LogP contribution >= 0.6 is 0 Å². The van der Waals surface area contributed by atoms with Crippen LogP contribution in [0.25, 0.3) is 0 Å². The van der Waals surface area contributed by atoms with Crippen LogP contribution in [-0.4, -0.2) is 28.7 Å². The molecule has 0 bridgehead atoms. The molecule has 0 radical (unpaired) electrons. The Balaban J connectivity index is 2.32. The number of carbonyl (C=O) groups is 2. The lowest BCUT2D eigenvalue weighted by molar-refractivity contribution is -0.130. The van der Waals surface area contributed by atoms with Crippen molar-refractivity contribution in [2.75, 3.05) is 6.54 Å². The fraction of sp³-hybridized carbons (Fsp3) is 0.429. The summed E-state index contributed by atoms with van der Waals surface area (Å²) in [5.74, 6) is -2.52. The zero-order valence-electron chi connectivity index (χ0n) is 10.9. The molecule has 0 unspecified atom stereocenters. The molecule has 1 fully saturated rings. The molecule has 0 spiro atoms. The van der Waals surface area contributed by atoms with Gasteiger partial charge < -0.3 is 4.90 Å². The maximum Gasteiger partial charge on any atom is 0.254 e. The molecule has 1 heterocycles. The third-order valence-corrected chi connectivity index (χ3v) is 3.55. The molecule has 19 heavy (non-hydrogen) atoms. The van der Waals surface area contributed by atoms with Gasteiger partial charge in [-0.05, 0) is 38.5 Å². The Bertz CT molecular complexity index is 540. The van der Waals surface area contributed by atoms with E-state index in [0.29, 0.717) is 19.4 Å². The highest BCUT2D eigenvalue weighted by atomic mass is 19.2. The van der Waals surface area contributed by atoms with Gasteiger partial charge >= 0.3 is 0 Å². The molecule has 0 atom stereocenters. The summed E-state index contributed by atoms with van der Waals surface area (Å²) in [4.78, 5) is 25.6. The van der Waals surface area contributed by atoms with Gasteiger partial charge in [0, 0.05) is 18.5 Å². The molecule has 2 rings (SSSR count). The standard InChI is InChI=1S/C14H15F2NO2/c1-14(2)12(18)4-3-7-17(14)13(19)9-5-6-10(15)11(16)8-9/h5-6,8H,3-4,7H2,1-2H3. The van der Waals surface area contributed by atoms with Crippen LogP contribution in [0, 0.1) is 11.6 Å². The van der Waals surface area contributed by atoms with Gasteiger partial charge in [0.25, 0.3) is 5.91 Å². The summed E-state index contributed by atoms with van der Waals surface area (Å²) in [7, 11) is 0. The van der Waals surface area contributed by atoms with Gasteiger partial charge in [0.15, 0.2) is 17.4 Å². The maximum atomic E-state index is 13.2. The summed E-state index contributed by atoms with van der Waals surface area (Å²) >= 11 is 0. The number of likely N-dealkylation sites (tertiary alicyclic amines) is 1. The Morgan fingerprint density at radius 2 is 1.95 bits per heavy atom. The van der Waals surface area contributed by atoms with Gasteiger partial charge in [-0.1, -0.05) is 0 Å². The van der Waals surface area contributed by atoms with E-state index in [1.807, 2.05) is 0 Å².